The Bertz CT molecular complexity index is 544. The minimum atomic E-state index is -0.616. The van der Waals surface area contributed by atoms with E-state index in [1.165, 1.54) is 0 Å². The average Bonchev–Trinajstić information content (AvgIpc) is 3.32. The van der Waals surface area contributed by atoms with Crippen molar-refractivity contribution >= 4 is 29.2 Å². The van der Waals surface area contributed by atoms with Gasteiger partial charge < -0.3 is 15.4 Å². The number of ether oxygens (including phenoxy) is 1. The lowest BCUT2D eigenvalue weighted by molar-refractivity contribution is -0.145. The Balaban J connectivity index is 1.95. The summed E-state index contributed by atoms with van der Waals surface area (Å²) >= 11 is 5.12. The second-order valence-corrected chi connectivity index (χ2v) is 5.64. The highest BCUT2D eigenvalue weighted by atomic mass is 32.1. The summed E-state index contributed by atoms with van der Waals surface area (Å²) in [6.45, 7) is 2.05. The van der Waals surface area contributed by atoms with Crippen molar-refractivity contribution < 1.29 is 14.3 Å². The number of esters is 1. The highest BCUT2D eigenvalue weighted by Crippen LogP contribution is 2.28. The second-order valence-electron chi connectivity index (χ2n) is 5.23. The van der Waals surface area contributed by atoms with Crippen molar-refractivity contribution in [2.75, 3.05) is 6.61 Å². The molecule has 0 spiro atoms. The van der Waals surface area contributed by atoms with E-state index in [1.807, 2.05) is 30.3 Å². The van der Waals surface area contributed by atoms with Crippen LogP contribution in [0.15, 0.2) is 30.3 Å². The standard InChI is InChI=1S/C16H20N2O3S/c1-2-21-15(20)13(10-11-6-4-3-5-7-11)17-16(22)18-14(19)12-8-9-12/h3-7,12-13H,2,8-10H2,1H3,(H2,17,18,19,22). The van der Waals surface area contributed by atoms with Gasteiger partial charge in [0.1, 0.15) is 6.04 Å². The summed E-state index contributed by atoms with van der Waals surface area (Å²) < 4.78 is 5.07. The van der Waals surface area contributed by atoms with Crippen LogP contribution in [-0.4, -0.2) is 29.6 Å². The Kier molecular flexibility index (Phi) is 5.89. The predicted octanol–water partition coefficient (Wildman–Crippen LogP) is 1.56. The number of nitrogens with one attached hydrogen (secondary N) is 2. The fraction of sp³-hybridized carbons (Fsp3) is 0.438. The Morgan fingerprint density at radius 3 is 2.59 bits per heavy atom. The summed E-state index contributed by atoms with van der Waals surface area (Å²) in [7, 11) is 0. The van der Waals surface area contributed by atoms with E-state index >= 15 is 0 Å². The minimum Gasteiger partial charge on any atom is -0.464 e. The van der Waals surface area contributed by atoms with Gasteiger partial charge in [-0.05, 0) is 37.5 Å². The molecule has 1 aromatic carbocycles. The molecule has 1 aromatic rings. The molecule has 5 nitrogen and oxygen atoms in total. The van der Waals surface area contributed by atoms with E-state index in [-0.39, 0.29) is 22.9 Å². The molecule has 2 rings (SSSR count). The average molecular weight is 320 g/mol. The van der Waals surface area contributed by atoms with Crippen LogP contribution in [-0.2, 0) is 20.7 Å². The molecule has 0 aromatic heterocycles. The zero-order valence-corrected chi connectivity index (χ0v) is 13.3. The fourth-order valence-corrected chi connectivity index (χ4v) is 2.28. The molecule has 0 saturated heterocycles. The van der Waals surface area contributed by atoms with Crippen molar-refractivity contribution in [2.24, 2.45) is 5.92 Å². The van der Waals surface area contributed by atoms with Crippen LogP contribution < -0.4 is 10.6 Å². The van der Waals surface area contributed by atoms with Crippen LogP contribution in [0.5, 0.6) is 0 Å². The first-order valence-corrected chi connectivity index (χ1v) is 7.83. The molecular formula is C16H20N2O3S. The lowest BCUT2D eigenvalue weighted by atomic mass is 10.1. The number of carbonyl (C=O) groups excluding carboxylic acids is 2. The van der Waals surface area contributed by atoms with E-state index in [2.05, 4.69) is 10.6 Å². The Labute approximate surface area is 135 Å². The third-order valence-corrected chi connectivity index (χ3v) is 3.56. The highest BCUT2D eigenvalue weighted by Gasteiger charge is 2.30. The van der Waals surface area contributed by atoms with E-state index in [1.54, 1.807) is 6.92 Å². The van der Waals surface area contributed by atoms with Gasteiger partial charge in [-0.2, -0.15) is 0 Å². The summed E-state index contributed by atoms with van der Waals surface area (Å²) in [5, 5.41) is 5.69. The molecular weight excluding hydrogens is 300 g/mol. The summed E-state index contributed by atoms with van der Waals surface area (Å²) in [6, 6.07) is 8.97. The Morgan fingerprint density at radius 2 is 2.00 bits per heavy atom. The summed E-state index contributed by atoms with van der Waals surface area (Å²) in [6.07, 6.45) is 2.25. The van der Waals surface area contributed by atoms with Gasteiger partial charge >= 0.3 is 5.97 Å². The molecule has 1 unspecified atom stereocenters. The molecule has 2 N–H and O–H groups in total. The van der Waals surface area contributed by atoms with Crippen molar-refractivity contribution in [3.63, 3.8) is 0 Å². The van der Waals surface area contributed by atoms with Crippen LogP contribution in [0.1, 0.15) is 25.3 Å². The number of amides is 1. The lowest BCUT2D eigenvalue weighted by Gasteiger charge is -2.19. The molecule has 1 fully saturated rings. The molecule has 1 aliphatic rings. The largest absolute Gasteiger partial charge is 0.464 e. The first kappa shape index (κ1) is 16.4. The van der Waals surface area contributed by atoms with Gasteiger partial charge in [0.25, 0.3) is 0 Å². The molecule has 0 bridgehead atoms. The third-order valence-electron chi connectivity index (χ3n) is 3.34. The van der Waals surface area contributed by atoms with Gasteiger partial charge in [-0.25, -0.2) is 4.79 Å². The van der Waals surface area contributed by atoms with Gasteiger partial charge in [0.15, 0.2) is 5.11 Å². The third kappa shape index (κ3) is 5.11. The number of benzene rings is 1. The van der Waals surface area contributed by atoms with Crippen LogP contribution >= 0.6 is 12.2 Å². The molecule has 0 aliphatic heterocycles. The molecule has 1 aliphatic carbocycles. The number of carbonyl (C=O) groups is 2. The molecule has 1 atom stereocenters. The predicted molar refractivity (Wildman–Crippen MR) is 87.2 cm³/mol. The van der Waals surface area contributed by atoms with Crippen LogP contribution in [0.25, 0.3) is 0 Å². The monoisotopic (exact) mass is 320 g/mol. The van der Waals surface area contributed by atoms with E-state index in [0.29, 0.717) is 13.0 Å². The first-order chi connectivity index (χ1) is 10.6. The topological polar surface area (TPSA) is 67.4 Å². The SMILES string of the molecule is CCOC(=O)C(Cc1ccccc1)NC(=S)NC(=O)C1CC1. The van der Waals surface area contributed by atoms with Gasteiger partial charge in [0.2, 0.25) is 5.91 Å². The van der Waals surface area contributed by atoms with Gasteiger partial charge in [-0.3, -0.25) is 4.79 Å². The normalized spacial score (nSPS) is 14.8. The maximum absolute atomic E-state index is 12.1. The number of rotatable bonds is 6. The van der Waals surface area contributed by atoms with E-state index < -0.39 is 6.04 Å². The quantitative estimate of drug-likeness (QED) is 0.615. The van der Waals surface area contributed by atoms with Crippen molar-refractivity contribution in [3.8, 4) is 0 Å². The van der Waals surface area contributed by atoms with E-state index in [9.17, 15) is 9.59 Å². The van der Waals surface area contributed by atoms with Crippen molar-refractivity contribution in [1.82, 2.24) is 10.6 Å². The van der Waals surface area contributed by atoms with E-state index in [0.717, 1.165) is 18.4 Å². The van der Waals surface area contributed by atoms with Gasteiger partial charge in [0.05, 0.1) is 6.61 Å². The first-order valence-electron chi connectivity index (χ1n) is 7.42. The lowest BCUT2D eigenvalue weighted by Crippen LogP contribution is -2.49. The highest BCUT2D eigenvalue weighted by molar-refractivity contribution is 7.80. The molecule has 1 saturated carbocycles. The summed E-state index contributed by atoms with van der Waals surface area (Å²) in [5.74, 6) is -0.399. The minimum absolute atomic E-state index is 0.0647. The maximum atomic E-state index is 12.1. The summed E-state index contributed by atoms with van der Waals surface area (Å²) in [5.41, 5.74) is 0.990. The molecule has 6 heteroatoms. The Morgan fingerprint density at radius 1 is 1.32 bits per heavy atom. The van der Waals surface area contributed by atoms with Crippen molar-refractivity contribution in [1.29, 1.82) is 0 Å². The Hall–Kier alpha value is -1.95. The molecule has 1 amide bonds. The fourth-order valence-electron chi connectivity index (χ4n) is 2.04. The van der Waals surface area contributed by atoms with Crippen LogP contribution in [0.2, 0.25) is 0 Å². The number of hydrogen-bond acceptors (Lipinski definition) is 4. The zero-order valence-electron chi connectivity index (χ0n) is 12.5. The number of thiocarbonyl (C=S) groups is 1. The van der Waals surface area contributed by atoms with Crippen LogP contribution in [0.3, 0.4) is 0 Å². The van der Waals surface area contributed by atoms with Crippen molar-refractivity contribution in [3.05, 3.63) is 35.9 Å². The molecule has 22 heavy (non-hydrogen) atoms. The second kappa shape index (κ2) is 7.89. The van der Waals surface area contributed by atoms with Crippen molar-refractivity contribution in [2.45, 2.75) is 32.2 Å². The zero-order chi connectivity index (χ0) is 15.9. The molecule has 118 valence electrons. The number of hydrogen-bond donors (Lipinski definition) is 2. The maximum Gasteiger partial charge on any atom is 0.328 e. The molecule has 0 radical (unpaired) electrons. The van der Waals surface area contributed by atoms with Gasteiger partial charge in [0, 0.05) is 12.3 Å². The van der Waals surface area contributed by atoms with E-state index in [4.69, 9.17) is 17.0 Å². The molecule has 0 heterocycles. The smallest absolute Gasteiger partial charge is 0.328 e. The summed E-state index contributed by atoms with van der Waals surface area (Å²) in [4.78, 5) is 23.8. The van der Waals surface area contributed by atoms with Gasteiger partial charge in [-0.15, -0.1) is 0 Å². The van der Waals surface area contributed by atoms with Gasteiger partial charge in [-0.1, -0.05) is 30.3 Å². The van der Waals surface area contributed by atoms with Crippen LogP contribution in [0, 0.1) is 5.92 Å². The van der Waals surface area contributed by atoms with Crippen LogP contribution in [0.4, 0.5) is 0 Å².